The van der Waals surface area contributed by atoms with Crippen LogP contribution in [-0.2, 0) is 9.59 Å². The number of carbonyl (C=O) groups excluding carboxylic acids is 2. The van der Waals surface area contributed by atoms with Gasteiger partial charge in [-0.05, 0) is 25.0 Å². The van der Waals surface area contributed by atoms with Crippen molar-refractivity contribution in [3.63, 3.8) is 0 Å². The van der Waals surface area contributed by atoms with Gasteiger partial charge in [-0.15, -0.1) is 0 Å². The first-order valence-corrected chi connectivity index (χ1v) is 6.82. The van der Waals surface area contributed by atoms with Crippen LogP contribution in [0.15, 0.2) is 24.3 Å². The largest absolute Gasteiger partial charge is 0.495 e. The Balaban J connectivity index is 1.87. The Labute approximate surface area is 118 Å². The molecule has 1 aliphatic carbocycles. The number of rotatable bonds is 6. The maximum absolute atomic E-state index is 11.9. The molecule has 0 aliphatic heterocycles. The lowest BCUT2D eigenvalue weighted by atomic mass is 10.2. The molecule has 2 rings (SSSR count). The summed E-state index contributed by atoms with van der Waals surface area (Å²) < 4.78 is 5.18. The Hall–Kier alpha value is -2.04. The van der Waals surface area contributed by atoms with Crippen molar-refractivity contribution in [1.82, 2.24) is 4.90 Å². The normalized spacial score (nSPS) is 13.7. The van der Waals surface area contributed by atoms with Crippen molar-refractivity contribution in [3.8, 4) is 5.75 Å². The van der Waals surface area contributed by atoms with Crippen molar-refractivity contribution in [2.24, 2.45) is 0 Å². The average molecular weight is 276 g/mol. The topological polar surface area (TPSA) is 58.6 Å². The van der Waals surface area contributed by atoms with E-state index in [1.807, 2.05) is 12.1 Å². The molecule has 0 unspecified atom stereocenters. The molecule has 0 bridgehead atoms. The first-order valence-electron chi connectivity index (χ1n) is 6.82. The molecular weight excluding hydrogens is 256 g/mol. The van der Waals surface area contributed by atoms with Crippen molar-refractivity contribution < 1.29 is 14.3 Å². The minimum atomic E-state index is -0.110. The summed E-state index contributed by atoms with van der Waals surface area (Å²) in [7, 11) is 1.57. The van der Waals surface area contributed by atoms with E-state index in [1.54, 1.807) is 31.1 Å². The molecule has 1 saturated carbocycles. The fourth-order valence-corrected chi connectivity index (χ4v) is 2.17. The molecule has 1 fully saturated rings. The number of nitrogens with one attached hydrogen (secondary N) is 1. The van der Waals surface area contributed by atoms with Gasteiger partial charge in [0.2, 0.25) is 11.8 Å². The number of amides is 2. The van der Waals surface area contributed by atoms with Crippen LogP contribution in [0.3, 0.4) is 0 Å². The quantitative estimate of drug-likeness (QED) is 0.865. The number of nitrogens with zero attached hydrogens (tertiary/aromatic N) is 1. The number of hydrogen-bond donors (Lipinski definition) is 1. The molecular formula is C15H20N2O3. The van der Waals surface area contributed by atoms with Gasteiger partial charge in [0, 0.05) is 25.9 Å². The molecule has 2 amide bonds. The van der Waals surface area contributed by atoms with Gasteiger partial charge < -0.3 is 15.0 Å². The zero-order chi connectivity index (χ0) is 14.5. The van der Waals surface area contributed by atoms with E-state index < -0.39 is 0 Å². The summed E-state index contributed by atoms with van der Waals surface area (Å²) in [5, 5.41) is 2.81. The number of ether oxygens (including phenoxy) is 1. The van der Waals surface area contributed by atoms with Crippen molar-refractivity contribution in [2.75, 3.05) is 19.0 Å². The predicted molar refractivity (Wildman–Crippen MR) is 76.6 cm³/mol. The van der Waals surface area contributed by atoms with E-state index in [0.717, 1.165) is 12.8 Å². The highest BCUT2D eigenvalue weighted by molar-refractivity contribution is 5.92. The molecule has 0 atom stereocenters. The lowest BCUT2D eigenvalue weighted by Gasteiger charge is -2.20. The van der Waals surface area contributed by atoms with Gasteiger partial charge in [0.1, 0.15) is 5.75 Å². The monoisotopic (exact) mass is 276 g/mol. The number of methoxy groups -OCH3 is 1. The smallest absolute Gasteiger partial charge is 0.226 e. The first-order chi connectivity index (χ1) is 9.61. The molecule has 1 aliphatic rings. The molecule has 0 aromatic heterocycles. The van der Waals surface area contributed by atoms with E-state index in [1.165, 1.54) is 0 Å². The second-order valence-corrected chi connectivity index (χ2v) is 4.94. The van der Waals surface area contributed by atoms with E-state index in [4.69, 9.17) is 4.74 Å². The fourth-order valence-electron chi connectivity index (χ4n) is 2.17. The summed E-state index contributed by atoms with van der Waals surface area (Å²) in [6, 6.07) is 7.61. The Morgan fingerprint density at radius 1 is 1.35 bits per heavy atom. The molecule has 108 valence electrons. The minimum absolute atomic E-state index is 0.0394. The van der Waals surface area contributed by atoms with Crippen LogP contribution in [0.1, 0.15) is 26.2 Å². The third-order valence-corrected chi connectivity index (χ3v) is 3.35. The summed E-state index contributed by atoms with van der Waals surface area (Å²) >= 11 is 0. The summed E-state index contributed by atoms with van der Waals surface area (Å²) in [4.78, 5) is 25.2. The van der Waals surface area contributed by atoms with Crippen LogP contribution in [0.2, 0.25) is 0 Å². The van der Waals surface area contributed by atoms with Gasteiger partial charge in [-0.2, -0.15) is 0 Å². The molecule has 1 aromatic carbocycles. The molecule has 20 heavy (non-hydrogen) atoms. The Morgan fingerprint density at radius 3 is 2.65 bits per heavy atom. The van der Waals surface area contributed by atoms with Gasteiger partial charge in [-0.1, -0.05) is 12.1 Å². The van der Waals surface area contributed by atoms with Crippen LogP contribution in [0.5, 0.6) is 5.75 Å². The zero-order valence-electron chi connectivity index (χ0n) is 11.9. The molecule has 0 radical (unpaired) electrons. The predicted octanol–water partition coefficient (Wildman–Crippen LogP) is 2.03. The molecule has 0 saturated heterocycles. The van der Waals surface area contributed by atoms with Crippen LogP contribution in [-0.4, -0.2) is 36.4 Å². The third kappa shape index (κ3) is 3.73. The van der Waals surface area contributed by atoms with Crippen LogP contribution >= 0.6 is 0 Å². The lowest BCUT2D eigenvalue weighted by Crippen LogP contribution is -2.33. The number of carbonyl (C=O) groups is 2. The van der Waals surface area contributed by atoms with Gasteiger partial charge in [0.25, 0.3) is 0 Å². The summed E-state index contributed by atoms with van der Waals surface area (Å²) in [5.41, 5.74) is 0.654. The van der Waals surface area contributed by atoms with E-state index in [9.17, 15) is 9.59 Å². The molecule has 5 nitrogen and oxygen atoms in total. The van der Waals surface area contributed by atoms with Crippen LogP contribution < -0.4 is 10.1 Å². The van der Waals surface area contributed by atoms with Crippen LogP contribution in [0.25, 0.3) is 0 Å². The minimum Gasteiger partial charge on any atom is -0.495 e. The zero-order valence-corrected chi connectivity index (χ0v) is 11.9. The number of anilines is 1. The fraction of sp³-hybridized carbons (Fsp3) is 0.467. The Morgan fingerprint density at radius 2 is 2.05 bits per heavy atom. The van der Waals surface area contributed by atoms with Gasteiger partial charge in [-0.3, -0.25) is 9.59 Å². The van der Waals surface area contributed by atoms with Crippen molar-refractivity contribution in [2.45, 2.75) is 32.2 Å². The molecule has 5 heteroatoms. The van der Waals surface area contributed by atoms with E-state index in [0.29, 0.717) is 30.4 Å². The maximum Gasteiger partial charge on any atom is 0.226 e. The highest BCUT2D eigenvalue weighted by Crippen LogP contribution is 2.27. The van der Waals surface area contributed by atoms with Gasteiger partial charge in [0.15, 0.2) is 0 Å². The summed E-state index contributed by atoms with van der Waals surface area (Å²) in [6.45, 7) is 2.03. The van der Waals surface area contributed by atoms with Crippen molar-refractivity contribution in [1.29, 1.82) is 0 Å². The second kappa shape index (κ2) is 6.41. The molecule has 1 aromatic rings. The van der Waals surface area contributed by atoms with Crippen molar-refractivity contribution >= 4 is 17.5 Å². The van der Waals surface area contributed by atoms with Gasteiger partial charge in [-0.25, -0.2) is 0 Å². The average Bonchev–Trinajstić information content (AvgIpc) is 3.24. The third-order valence-electron chi connectivity index (χ3n) is 3.35. The highest BCUT2D eigenvalue weighted by Gasteiger charge is 2.30. The summed E-state index contributed by atoms with van der Waals surface area (Å²) in [6.07, 6.45) is 2.40. The van der Waals surface area contributed by atoms with Gasteiger partial charge >= 0.3 is 0 Å². The molecule has 0 spiro atoms. The number of para-hydroxylation sites is 2. The van der Waals surface area contributed by atoms with E-state index in [-0.39, 0.29) is 11.8 Å². The molecule has 1 N–H and O–H groups in total. The van der Waals surface area contributed by atoms with Crippen molar-refractivity contribution in [3.05, 3.63) is 24.3 Å². The highest BCUT2D eigenvalue weighted by atomic mass is 16.5. The lowest BCUT2D eigenvalue weighted by molar-refractivity contribution is -0.129. The first kappa shape index (κ1) is 14.4. The maximum atomic E-state index is 11.9. The Bertz CT molecular complexity index is 498. The standard InChI is InChI=1S/C15H20N2O3/c1-11(18)17(12-7-8-12)10-9-15(19)16-13-5-3-4-6-14(13)20-2/h3-6,12H,7-10H2,1-2H3,(H,16,19). The number of hydrogen-bond acceptors (Lipinski definition) is 3. The SMILES string of the molecule is COc1ccccc1NC(=O)CCN(C(C)=O)C1CC1. The Kier molecular flexibility index (Phi) is 4.61. The molecule has 0 heterocycles. The second-order valence-electron chi connectivity index (χ2n) is 4.94. The van der Waals surface area contributed by atoms with Crippen LogP contribution in [0, 0.1) is 0 Å². The van der Waals surface area contributed by atoms with E-state index in [2.05, 4.69) is 5.32 Å². The number of benzene rings is 1. The van der Waals surface area contributed by atoms with Gasteiger partial charge in [0.05, 0.1) is 12.8 Å². The van der Waals surface area contributed by atoms with Crippen LogP contribution in [0.4, 0.5) is 5.69 Å². The van der Waals surface area contributed by atoms with E-state index >= 15 is 0 Å². The summed E-state index contributed by atoms with van der Waals surface area (Å²) in [5.74, 6) is 0.561.